The van der Waals surface area contributed by atoms with Gasteiger partial charge in [0.25, 0.3) is 0 Å². The Labute approximate surface area is 209 Å². The molecule has 2 fully saturated rings. The van der Waals surface area contributed by atoms with Crippen molar-refractivity contribution < 1.29 is 24.2 Å². The minimum Gasteiger partial charge on any atom is -0.479 e. The first-order valence-corrected chi connectivity index (χ1v) is 13.5. The van der Waals surface area contributed by atoms with Gasteiger partial charge in [-0.3, -0.25) is 4.79 Å². The van der Waals surface area contributed by atoms with Crippen molar-refractivity contribution in [2.24, 2.45) is 5.92 Å². The zero-order valence-corrected chi connectivity index (χ0v) is 20.6. The lowest BCUT2D eigenvalue weighted by Gasteiger charge is -2.36. The zero-order valence-electron chi connectivity index (χ0n) is 19.7. The number of nitrogens with zero attached hydrogens (tertiary/aromatic N) is 1. The quantitative estimate of drug-likeness (QED) is 0.573. The minimum atomic E-state index is -1.10. The Kier molecular flexibility index (Phi) is 6.49. The van der Waals surface area contributed by atoms with E-state index in [2.05, 4.69) is 29.6 Å². The summed E-state index contributed by atoms with van der Waals surface area (Å²) in [7, 11) is 0. The molecule has 184 valence electrons. The van der Waals surface area contributed by atoms with E-state index >= 15 is 0 Å². The lowest BCUT2D eigenvalue weighted by molar-refractivity contribution is -0.155. The second kappa shape index (κ2) is 9.57. The molecule has 1 saturated carbocycles. The molecule has 0 aromatic heterocycles. The number of piperidine rings is 1. The molecule has 0 bridgehead atoms. The largest absolute Gasteiger partial charge is 0.479 e. The van der Waals surface area contributed by atoms with Crippen LogP contribution < -0.4 is 5.32 Å². The summed E-state index contributed by atoms with van der Waals surface area (Å²) in [4.78, 5) is 39.9. The molecule has 1 heterocycles. The van der Waals surface area contributed by atoms with E-state index in [1.165, 1.54) is 4.90 Å². The van der Waals surface area contributed by atoms with E-state index < -0.39 is 23.6 Å². The van der Waals surface area contributed by atoms with Crippen LogP contribution in [0, 0.1) is 5.92 Å². The second-order valence-corrected chi connectivity index (χ2v) is 10.6. The van der Waals surface area contributed by atoms with Crippen molar-refractivity contribution in [1.82, 2.24) is 10.2 Å². The molecule has 3 aliphatic rings. The first kappa shape index (κ1) is 23.7. The van der Waals surface area contributed by atoms with Crippen molar-refractivity contribution in [2.75, 3.05) is 25.2 Å². The fourth-order valence-electron chi connectivity index (χ4n) is 5.83. The molecule has 35 heavy (non-hydrogen) atoms. The minimum absolute atomic E-state index is 0.00774. The summed E-state index contributed by atoms with van der Waals surface area (Å²) in [5.41, 5.74) is 3.43. The monoisotopic (exact) mass is 494 g/mol. The number of benzene rings is 2. The average molecular weight is 495 g/mol. The average Bonchev–Trinajstić information content (AvgIpc) is 3.56. The van der Waals surface area contributed by atoms with Crippen LogP contribution in [0.5, 0.6) is 0 Å². The van der Waals surface area contributed by atoms with Crippen LogP contribution in [0.3, 0.4) is 0 Å². The number of amides is 2. The maximum atomic E-state index is 13.5. The molecule has 2 N–H and O–H groups in total. The maximum absolute atomic E-state index is 13.5. The van der Waals surface area contributed by atoms with Gasteiger partial charge in [0.2, 0.25) is 5.91 Å². The highest BCUT2D eigenvalue weighted by Gasteiger charge is 2.67. The number of hydrogen-bond acceptors (Lipinski definition) is 5. The molecule has 2 aromatic rings. The number of alkyl carbamates (subject to hydrolysis) is 1. The van der Waals surface area contributed by atoms with Crippen LogP contribution in [0.1, 0.15) is 42.7 Å². The maximum Gasteiger partial charge on any atom is 0.407 e. The highest BCUT2D eigenvalue weighted by atomic mass is 32.2. The number of carboxylic acid groups (broad SMARTS) is 1. The standard InChI is InChI=1S/C27H30N2O5S/c1-35-14-12-23(24(30)29-13-6-7-17-15-27(17,29)25(31)32)28-26(33)34-16-22-20-10-4-2-8-18(20)19-9-3-5-11-21(19)22/h2-5,8-11,17,22-23H,6-7,12-16H2,1H3,(H,28,33)(H,31,32)/t17?,23-,27?/m0/s1. The van der Waals surface area contributed by atoms with Gasteiger partial charge >= 0.3 is 12.1 Å². The van der Waals surface area contributed by atoms with Crippen LogP contribution >= 0.6 is 11.8 Å². The first-order chi connectivity index (χ1) is 17.0. The summed E-state index contributed by atoms with van der Waals surface area (Å²) < 4.78 is 5.65. The summed E-state index contributed by atoms with van der Waals surface area (Å²) in [5.74, 6) is -0.666. The normalized spacial score (nSPS) is 23.0. The Morgan fingerprint density at radius 3 is 2.43 bits per heavy atom. The Balaban J connectivity index is 1.28. The van der Waals surface area contributed by atoms with Gasteiger partial charge in [0.1, 0.15) is 18.2 Å². The summed E-state index contributed by atoms with van der Waals surface area (Å²) in [5, 5.41) is 12.6. The van der Waals surface area contributed by atoms with Crippen LogP contribution in [-0.4, -0.2) is 64.7 Å². The molecular formula is C27H30N2O5S. The van der Waals surface area contributed by atoms with Gasteiger partial charge < -0.3 is 20.1 Å². The number of thioether (sulfide) groups is 1. The third kappa shape index (κ3) is 4.18. The molecule has 2 unspecified atom stereocenters. The first-order valence-electron chi connectivity index (χ1n) is 12.1. The number of carbonyl (C=O) groups is 3. The van der Waals surface area contributed by atoms with Gasteiger partial charge in [-0.15, -0.1) is 0 Å². The predicted octanol–water partition coefficient (Wildman–Crippen LogP) is 4.11. The summed E-state index contributed by atoms with van der Waals surface area (Å²) in [6.45, 7) is 0.567. The summed E-state index contributed by atoms with van der Waals surface area (Å²) >= 11 is 1.58. The van der Waals surface area contributed by atoms with E-state index in [0.29, 0.717) is 25.1 Å². The Morgan fingerprint density at radius 2 is 1.80 bits per heavy atom. The van der Waals surface area contributed by atoms with Crippen molar-refractivity contribution >= 4 is 29.7 Å². The fraction of sp³-hybridized carbons (Fsp3) is 0.444. The van der Waals surface area contributed by atoms with Crippen molar-refractivity contribution in [1.29, 1.82) is 0 Å². The molecule has 3 atom stereocenters. The molecule has 7 nitrogen and oxygen atoms in total. The zero-order chi connectivity index (χ0) is 24.6. The number of carboxylic acids is 1. The fourth-order valence-corrected chi connectivity index (χ4v) is 6.30. The Bertz CT molecular complexity index is 1110. The number of nitrogens with one attached hydrogen (secondary N) is 1. The van der Waals surface area contributed by atoms with Gasteiger partial charge in [-0.05, 0) is 65.9 Å². The second-order valence-electron chi connectivity index (χ2n) is 9.57. The third-order valence-corrected chi connectivity index (χ3v) is 8.31. The molecular weight excluding hydrogens is 464 g/mol. The summed E-state index contributed by atoms with van der Waals surface area (Å²) in [6.07, 6.45) is 3.80. The molecule has 2 aliphatic carbocycles. The molecule has 5 rings (SSSR count). The number of hydrogen-bond donors (Lipinski definition) is 2. The molecule has 2 aromatic carbocycles. The summed E-state index contributed by atoms with van der Waals surface area (Å²) in [6, 6.07) is 15.4. The number of carbonyl (C=O) groups excluding carboxylic acids is 2. The molecule has 8 heteroatoms. The van der Waals surface area contributed by atoms with Gasteiger partial charge in [0.05, 0.1) is 0 Å². The highest BCUT2D eigenvalue weighted by Crippen LogP contribution is 2.54. The van der Waals surface area contributed by atoms with Crippen LogP contribution in [0.4, 0.5) is 4.79 Å². The number of ether oxygens (including phenoxy) is 1. The van der Waals surface area contributed by atoms with E-state index in [0.717, 1.165) is 35.1 Å². The van der Waals surface area contributed by atoms with E-state index in [4.69, 9.17) is 4.74 Å². The van der Waals surface area contributed by atoms with Crippen molar-refractivity contribution in [3.05, 3.63) is 59.7 Å². The lowest BCUT2D eigenvalue weighted by atomic mass is 9.98. The van der Waals surface area contributed by atoms with Crippen LogP contribution in [-0.2, 0) is 14.3 Å². The van der Waals surface area contributed by atoms with E-state index in [9.17, 15) is 19.5 Å². The van der Waals surface area contributed by atoms with Crippen molar-refractivity contribution in [3.8, 4) is 11.1 Å². The predicted molar refractivity (Wildman–Crippen MR) is 134 cm³/mol. The molecule has 2 amide bonds. The van der Waals surface area contributed by atoms with Gasteiger partial charge in [-0.2, -0.15) is 11.8 Å². The number of rotatable bonds is 8. The Morgan fingerprint density at radius 1 is 1.14 bits per heavy atom. The van der Waals surface area contributed by atoms with E-state index in [-0.39, 0.29) is 24.3 Å². The number of aliphatic carboxylic acids is 1. The number of likely N-dealkylation sites (tertiary alicyclic amines) is 1. The number of fused-ring (bicyclic) bond motifs is 4. The molecule has 0 spiro atoms. The highest BCUT2D eigenvalue weighted by molar-refractivity contribution is 7.98. The SMILES string of the molecule is CSCC[C@H](NC(=O)OCC1c2ccccc2-c2ccccc21)C(=O)N1CCCC2CC21C(=O)O. The van der Waals surface area contributed by atoms with Gasteiger partial charge in [-0.1, -0.05) is 48.5 Å². The third-order valence-electron chi connectivity index (χ3n) is 7.67. The van der Waals surface area contributed by atoms with E-state index in [1.54, 1.807) is 11.8 Å². The smallest absolute Gasteiger partial charge is 0.407 e. The molecule has 1 aliphatic heterocycles. The van der Waals surface area contributed by atoms with E-state index in [1.807, 2.05) is 30.5 Å². The molecule has 0 radical (unpaired) electrons. The van der Waals surface area contributed by atoms with Crippen molar-refractivity contribution in [3.63, 3.8) is 0 Å². The topological polar surface area (TPSA) is 95.9 Å². The van der Waals surface area contributed by atoms with Crippen molar-refractivity contribution in [2.45, 2.75) is 43.2 Å². The molecule has 1 saturated heterocycles. The van der Waals surface area contributed by atoms with Gasteiger partial charge in [-0.25, -0.2) is 9.59 Å². The lowest BCUT2D eigenvalue weighted by Crippen LogP contribution is -2.57. The van der Waals surface area contributed by atoms with Crippen LogP contribution in [0.2, 0.25) is 0 Å². The van der Waals surface area contributed by atoms with Gasteiger partial charge in [0.15, 0.2) is 0 Å². The Hall–Kier alpha value is -3.00. The van der Waals surface area contributed by atoms with Gasteiger partial charge in [0, 0.05) is 12.5 Å². The van der Waals surface area contributed by atoms with Crippen LogP contribution in [0.15, 0.2) is 48.5 Å². The van der Waals surface area contributed by atoms with Crippen LogP contribution in [0.25, 0.3) is 11.1 Å².